The van der Waals surface area contributed by atoms with Crippen LogP contribution >= 0.6 is 0 Å². The third-order valence-corrected chi connectivity index (χ3v) is 4.67. The normalized spacial score (nSPS) is 28.4. The molecular formula is C15H27N3O3. The molecule has 0 aromatic heterocycles. The number of carboxylic acid groups (broad SMARTS) is 1. The van der Waals surface area contributed by atoms with Crippen molar-refractivity contribution in [1.82, 2.24) is 10.2 Å². The highest BCUT2D eigenvalue weighted by atomic mass is 16.4. The molecule has 21 heavy (non-hydrogen) atoms. The maximum atomic E-state index is 11.3. The molecule has 2 atom stereocenters. The van der Waals surface area contributed by atoms with Crippen LogP contribution in [0.15, 0.2) is 0 Å². The van der Waals surface area contributed by atoms with E-state index >= 15 is 0 Å². The van der Waals surface area contributed by atoms with Crippen LogP contribution < -0.4 is 11.1 Å². The molecule has 120 valence electrons. The van der Waals surface area contributed by atoms with Gasteiger partial charge in [-0.3, -0.25) is 14.5 Å². The van der Waals surface area contributed by atoms with Gasteiger partial charge < -0.3 is 16.2 Å². The quantitative estimate of drug-likeness (QED) is 0.660. The monoisotopic (exact) mass is 297 g/mol. The molecule has 0 aromatic carbocycles. The van der Waals surface area contributed by atoms with Gasteiger partial charge in [-0.2, -0.15) is 0 Å². The fraction of sp³-hybridized carbons (Fsp3) is 0.867. The number of aliphatic carboxylic acids is 1. The number of hydrogen-bond donors (Lipinski definition) is 3. The Morgan fingerprint density at radius 1 is 1.19 bits per heavy atom. The van der Waals surface area contributed by atoms with E-state index < -0.39 is 17.8 Å². The number of carboxylic acids is 1. The predicted octanol–water partition coefficient (Wildman–Crippen LogP) is 0.417. The van der Waals surface area contributed by atoms with Crippen LogP contribution in [0.3, 0.4) is 0 Å². The predicted molar refractivity (Wildman–Crippen MR) is 79.7 cm³/mol. The maximum absolute atomic E-state index is 11.3. The van der Waals surface area contributed by atoms with Gasteiger partial charge in [-0.1, -0.05) is 19.3 Å². The fourth-order valence-electron chi connectivity index (χ4n) is 3.59. The lowest BCUT2D eigenvalue weighted by molar-refractivity contribution is -0.144. The van der Waals surface area contributed by atoms with Crippen molar-refractivity contribution in [3.8, 4) is 0 Å². The van der Waals surface area contributed by atoms with Crippen LogP contribution in [-0.2, 0) is 9.59 Å². The van der Waals surface area contributed by atoms with Crippen LogP contribution in [0, 0.1) is 11.8 Å². The second kappa shape index (κ2) is 7.75. The van der Waals surface area contributed by atoms with Gasteiger partial charge in [0.15, 0.2) is 0 Å². The van der Waals surface area contributed by atoms with Gasteiger partial charge in [-0.05, 0) is 31.7 Å². The van der Waals surface area contributed by atoms with Crippen LogP contribution in [0.1, 0.15) is 38.5 Å². The Balaban J connectivity index is 1.84. The van der Waals surface area contributed by atoms with Crippen molar-refractivity contribution in [2.24, 2.45) is 17.6 Å². The smallest absolute Gasteiger partial charge is 0.307 e. The van der Waals surface area contributed by atoms with E-state index in [4.69, 9.17) is 5.73 Å². The number of hydrogen-bond acceptors (Lipinski definition) is 4. The summed E-state index contributed by atoms with van der Waals surface area (Å²) < 4.78 is 0. The fourth-order valence-corrected chi connectivity index (χ4v) is 3.59. The van der Waals surface area contributed by atoms with Gasteiger partial charge >= 0.3 is 5.97 Å². The first kappa shape index (κ1) is 16.2. The van der Waals surface area contributed by atoms with E-state index in [0.29, 0.717) is 25.4 Å². The molecule has 1 amide bonds. The van der Waals surface area contributed by atoms with Gasteiger partial charge in [-0.25, -0.2) is 0 Å². The lowest BCUT2D eigenvalue weighted by Crippen LogP contribution is -2.53. The molecule has 2 rings (SSSR count). The molecule has 1 saturated heterocycles. The number of amides is 1. The Morgan fingerprint density at radius 2 is 1.90 bits per heavy atom. The standard InChI is InChI=1S/C15H27N3O3/c16-14(19)10-18-8-12(15(20)21)6-13(9-18)17-7-11-4-2-1-3-5-11/h11-13,17H,1-10H2,(H2,16,19)(H,20,21). The van der Waals surface area contributed by atoms with Crippen molar-refractivity contribution in [3.63, 3.8) is 0 Å². The summed E-state index contributed by atoms with van der Waals surface area (Å²) in [5.74, 6) is -0.879. The van der Waals surface area contributed by atoms with E-state index in [0.717, 1.165) is 6.54 Å². The lowest BCUT2D eigenvalue weighted by Gasteiger charge is -2.36. The Hall–Kier alpha value is -1.14. The molecule has 6 heteroatoms. The highest BCUT2D eigenvalue weighted by Crippen LogP contribution is 2.24. The van der Waals surface area contributed by atoms with Crippen molar-refractivity contribution in [2.75, 3.05) is 26.2 Å². The summed E-state index contributed by atoms with van der Waals surface area (Å²) in [6.45, 7) is 2.23. The summed E-state index contributed by atoms with van der Waals surface area (Å²) in [5, 5.41) is 12.8. The first-order valence-corrected chi connectivity index (χ1v) is 8.01. The van der Waals surface area contributed by atoms with Crippen LogP contribution in [0.5, 0.6) is 0 Å². The van der Waals surface area contributed by atoms with E-state index in [-0.39, 0.29) is 12.6 Å². The summed E-state index contributed by atoms with van der Waals surface area (Å²) in [6, 6.07) is 0.140. The number of nitrogens with two attached hydrogens (primary N) is 1. The van der Waals surface area contributed by atoms with Crippen LogP contribution in [-0.4, -0.2) is 54.1 Å². The van der Waals surface area contributed by atoms with Crippen LogP contribution in [0.4, 0.5) is 0 Å². The maximum Gasteiger partial charge on any atom is 0.307 e. The third-order valence-electron chi connectivity index (χ3n) is 4.67. The minimum Gasteiger partial charge on any atom is -0.481 e. The molecule has 0 spiro atoms. The van der Waals surface area contributed by atoms with Crippen molar-refractivity contribution < 1.29 is 14.7 Å². The van der Waals surface area contributed by atoms with Crippen molar-refractivity contribution in [3.05, 3.63) is 0 Å². The molecule has 2 unspecified atom stereocenters. The summed E-state index contributed by atoms with van der Waals surface area (Å²) >= 11 is 0. The molecule has 1 aliphatic carbocycles. The number of carbonyl (C=O) groups is 2. The van der Waals surface area contributed by atoms with E-state index in [1.807, 2.05) is 4.90 Å². The number of carbonyl (C=O) groups excluding carboxylic acids is 1. The molecule has 4 N–H and O–H groups in total. The minimum absolute atomic E-state index is 0.140. The average molecular weight is 297 g/mol. The zero-order valence-corrected chi connectivity index (χ0v) is 12.6. The zero-order chi connectivity index (χ0) is 15.2. The molecule has 0 aromatic rings. The second-order valence-electron chi connectivity index (χ2n) is 6.54. The molecule has 0 bridgehead atoms. The third kappa shape index (κ3) is 5.28. The molecular weight excluding hydrogens is 270 g/mol. The van der Waals surface area contributed by atoms with Gasteiger partial charge in [0, 0.05) is 19.1 Å². The molecule has 6 nitrogen and oxygen atoms in total. The molecule has 1 heterocycles. The SMILES string of the molecule is NC(=O)CN1CC(NCC2CCCCC2)CC(C(=O)O)C1. The Labute approximate surface area is 126 Å². The second-order valence-corrected chi connectivity index (χ2v) is 6.54. The number of likely N-dealkylation sites (tertiary alicyclic amines) is 1. The van der Waals surface area contributed by atoms with Gasteiger partial charge in [0.1, 0.15) is 0 Å². The van der Waals surface area contributed by atoms with Crippen LogP contribution in [0.25, 0.3) is 0 Å². The molecule has 2 aliphatic rings. The number of nitrogens with zero attached hydrogens (tertiary/aromatic N) is 1. The highest BCUT2D eigenvalue weighted by Gasteiger charge is 2.32. The average Bonchev–Trinajstić information content (AvgIpc) is 2.45. The number of rotatable bonds is 6. The van der Waals surface area contributed by atoms with Crippen molar-refractivity contribution in [2.45, 2.75) is 44.6 Å². The summed E-state index contributed by atoms with van der Waals surface area (Å²) in [6.07, 6.45) is 7.13. The van der Waals surface area contributed by atoms with Crippen molar-refractivity contribution >= 4 is 11.9 Å². The number of piperidine rings is 1. The highest BCUT2D eigenvalue weighted by molar-refractivity contribution is 5.76. The summed E-state index contributed by atoms with van der Waals surface area (Å²) in [5.41, 5.74) is 5.23. The lowest BCUT2D eigenvalue weighted by atomic mass is 9.88. The first-order valence-electron chi connectivity index (χ1n) is 8.01. The van der Waals surface area contributed by atoms with Crippen molar-refractivity contribution in [1.29, 1.82) is 0 Å². The van der Waals surface area contributed by atoms with Gasteiger partial charge in [0.2, 0.25) is 5.91 Å². The molecule has 1 aliphatic heterocycles. The first-order chi connectivity index (χ1) is 10.0. The van der Waals surface area contributed by atoms with Gasteiger partial charge in [-0.15, -0.1) is 0 Å². The molecule has 0 radical (unpaired) electrons. The topological polar surface area (TPSA) is 95.7 Å². The minimum atomic E-state index is -0.784. The number of nitrogens with one attached hydrogen (secondary N) is 1. The largest absolute Gasteiger partial charge is 0.481 e. The Morgan fingerprint density at radius 3 is 2.52 bits per heavy atom. The van der Waals surface area contributed by atoms with Gasteiger partial charge in [0.05, 0.1) is 12.5 Å². The molecule has 2 fully saturated rings. The van der Waals surface area contributed by atoms with E-state index in [1.165, 1.54) is 32.1 Å². The van der Waals surface area contributed by atoms with E-state index in [9.17, 15) is 14.7 Å². The Kier molecular flexibility index (Phi) is 5.99. The van der Waals surface area contributed by atoms with E-state index in [2.05, 4.69) is 5.32 Å². The van der Waals surface area contributed by atoms with Crippen LogP contribution in [0.2, 0.25) is 0 Å². The zero-order valence-electron chi connectivity index (χ0n) is 12.6. The molecule has 1 saturated carbocycles. The van der Waals surface area contributed by atoms with E-state index in [1.54, 1.807) is 0 Å². The summed E-state index contributed by atoms with van der Waals surface area (Å²) in [7, 11) is 0. The Bertz CT molecular complexity index is 369. The summed E-state index contributed by atoms with van der Waals surface area (Å²) in [4.78, 5) is 24.2. The van der Waals surface area contributed by atoms with Gasteiger partial charge in [0.25, 0.3) is 0 Å². The number of primary amides is 1.